The molecular weight excluding hydrogens is 241 g/mol. The Hall–Kier alpha value is -2.13. The van der Waals surface area contributed by atoms with Crippen molar-refractivity contribution in [1.82, 2.24) is 0 Å². The molecule has 18 heavy (non-hydrogen) atoms. The van der Waals surface area contributed by atoms with Gasteiger partial charge in [-0.3, -0.25) is 0 Å². The summed E-state index contributed by atoms with van der Waals surface area (Å²) in [6.45, 7) is 1.81. The molecule has 0 bridgehead atoms. The summed E-state index contributed by atoms with van der Waals surface area (Å²) in [5.74, 6) is -2.00. The highest BCUT2D eigenvalue weighted by Crippen LogP contribution is 2.18. The summed E-state index contributed by atoms with van der Waals surface area (Å²) in [6, 6.07) is 5.26. The predicted molar refractivity (Wildman–Crippen MR) is 59.9 cm³/mol. The Balaban J connectivity index is 2.49. The van der Waals surface area contributed by atoms with Gasteiger partial charge in [0.25, 0.3) is 0 Å². The summed E-state index contributed by atoms with van der Waals surface area (Å²) in [5, 5.41) is 17.1. The molecule has 0 spiro atoms. The molecule has 0 aliphatic rings. The lowest BCUT2D eigenvalue weighted by Gasteiger charge is -2.09. The monoisotopic (exact) mass is 253 g/mol. The van der Waals surface area contributed by atoms with Crippen LogP contribution in [-0.4, -0.2) is 30.4 Å². The van der Waals surface area contributed by atoms with E-state index < -0.39 is 17.9 Å². The number of halogens is 1. The van der Waals surface area contributed by atoms with Gasteiger partial charge < -0.3 is 14.6 Å². The molecule has 1 unspecified atom stereocenters. The van der Waals surface area contributed by atoms with E-state index in [2.05, 4.69) is 0 Å². The maximum Gasteiger partial charge on any atom is 0.335 e. The number of benzene rings is 1. The van der Waals surface area contributed by atoms with Crippen LogP contribution in [0.15, 0.2) is 18.2 Å². The summed E-state index contributed by atoms with van der Waals surface area (Å²) >= 11 is 0. The second kappa shape index (κ2) is 6.57. The van der Waals surface area contributed by atoms with E-state index in [1.54, 1.807) is 6.92 Å². The molecule has 0 amide bonds. The molecule has 96 valence electrons. The number of nitrogens with zero attached hydrogens (tertiary/aromatic N) is 1. The molecule has 0 radical (unpaired) electrons. The Labute approximate surface area is 103 Å². The van der Waals surface area contributed by atoms with Crippen molar-refractivity contribution in [3.05, 3.63) is 29.6 Å². The van der Waals surface area contributed by atoms with Crippen molar-refractivity contribution >= 4 is 5.97 Å². The number of carboxylic acid groups (broad SMARTS) is 1. The fraction of sp³-hybridized carbons (Fsp3) is 0.333. The fourth-order valence-electron chi connectivity index (χ4n) is 1.16. The average Bonchev–Trinajstić information content (AvgIpc) is 2.35. The van der Waals surface area contributed by atoms with Crippen LogP contribution >= 0.6 is 0 Å². The number of ether oxygens (including phenoxy) is 2. The number of nitriles is 1. The lowest BCUT2D eigenvalue weighted by atomic mass is 10.2. The molecule has 0 aliphatic heterocycles. The summed E-state index contributed by atoms with van der Waals surface area (Å²) < 4.78 is 23.5. The molecule has 1 aromatic rings. The Morgan fingerprint density at radius 2 is 2.28 bits per heavy atom. The van der Waals surface area contributed by atoms with Crippen LogP contribution in [0.2, 0.25) is 0 Å². The fourth-order valence-corrected chi connectivity index (χ4v) is 1.16. The summed E-state index contributed by atoms with van der Waals surface area (Å²) in [6.07, 6.45) is -0.548. The smallest absolute Gasteiger partial charge is 0.335 e. The summed E-state index contributed by atoms with van der Waals surface area (Å²) in [5.41, 5.74) is -0.144. The van der Waals surface area contributed by atoms with Crippen molar-refractivity contribution in [2.24, 2.45) is 0 Å². The molecule has 1 rings (SSSR count). The van der Waals surface area contributed by atoms with Crippen molar-refractivity contribution in [1.29, 1.82) is 5.26 Å². The van der Waals surface area contributed by atoms with Gasteiger partial charge in [-0.25, -0.2) is 9.18 Å². The van der Waals surface area contributed by atoms with Gasteiger partial charge in [-0.15, -0.1) is 0 Å². The van der Waals surface area contributed by atoms with E-state index in [4.69, 9.17) is 19.8 Å². The van der Waals surface area contributed by atoms with Gasteiger partial charge >= 0.3 is 5.97 Å². The second-order valence-electron chi connectivity index (χ2n) is 3.44. The highest BCUT2D eigenvalue weighted by molar-refractivity contribution is 5.87. The first kappa shape index (κ1) is 13.9. The van der Waals surface area contributed by atoms with E-state index >= 15 is 0 Å². The molecular formula is C12H12FNO4. The third-order valence-electron chi connectivity index (χ3n) is 2.07. The molecule has 0 fully saturated rings. The van der Waals surface area contributed by atoms with Crippen LogP contribution in [0.25, 0.3) is 0 Å². The van der Waals surface area contributed by atoms with Gasteiger partial charge in [0.1, 0.15) is 12.7 Å². The van der Waals surface area contributed by atoms with E-state index in [9.17, 15) is 9.18 Å². The van der Waals surface area contributed by atoms with Crippen molar-refractivity contribution in [2.45, 2.75) is 13.0 Å². The third-order valence-corrected chi connectivity index (χ3v) is 2.07. The first-order valence-corrected chi connectivity index (χ1v) is 5.21. The molecule has 5 nitrogen and oxygen atoms in total. The van der Waals surface area contributed by atoms with Gasteiger partial charge in [-0.2, -0.15) is 5.26 Å². The van der Waals surface area contributed by atoms with Gasteiger partial charge in [-0.05, 0) is 25.1 Å². The van der Waals surface area contributed by atoms with Crippen LogP contribution in [0, 0.1) is 17.1 Å². The molecule has 0 aliphatic carbocycles. The standard InChI is InChI=1S/C12H12FNO4/c1-8(7-14)17-4-5-18-11-3-2-9(12(15)16)6-10(11)13/h2-3,6,8H,4-5H2,1H3,(H,15,16). The molecule has 1 aromatic carbocycles. The Morgan fingerprint density at radius 3 is 2.83 bits per heavy atom. The molecule has 0 saturated carbocycles. The van der Waals surface area contributed by atoms with Gasteiger partial charge in [0.2, 0.25) is 0 Å². The summed E-state index contributed by atoms with van der Waals surface area (Å²) in [7, 11) is 0. The lowest BCUT2D eigenvalue weighted by Crippen LogP contribution is -2.13. The minimum atomic E-state index is -1.20. The molecule has 1 atom stereocenters. The molecule has 0 heterocycles. The summed E-state index contributed by atoms with van der Waals surface area (Å²) in [4.78, 5) is 10.6. The van der Waals surface area contributed by atoms with E-state index in [1.807, 2.05) is 6.07 Å². The highest BCUT2D eigenvalue weighted by Gasteiger charge is 2.09. The predicted octanol–water partition coefficient (Wildman–Crippen LogP) is 1.83. The maximum absolute atomic E-state index is 13.4. The van der Waals surface area contributed by atoms with E-state index in [0.717, 1.165) is 6.07 Å². The van der Waals surface area contributed by atoms with Crippen molar-refractivity contribution in [3.8, 4) is 11.8 Å². The molecule has 0 aromatic heterocycles. The van der Waals surface area contributed by atoms with Crippen LogP contribution in [0.4, 0.5) is 4.39 Å². The third kappa shape index (κ3) is 4.03. The number of hydrogen-bond donors (Lipinski definition) is 1. The van der Waals surface area contributed by atoms with Gasteiger partial charge in [-0.1, -0.05) is 0 Å². The number of carbonyl (C=O) groups is 1. The minimum absolute atomic E-state index is 0.0480. The first-order chi connectivity index (χ1) is 8.54. The lowest BCUT2D eigenvalue weighted by molar-refractivity contribution is 0.0693. The zero-order chi connectivity index (χ0) is 13.5. The van der Waals surface area contributed by atoms with Crippen LogP contribution in [0.1, 0.15) is 17.3 Å². The zero-order valence-electron chi connectivity index (χ0n) is 9.72. The van der Waals surface area contributed by atoms with E-state index in [-0.39, 0.29) is 24.5 Å². The average molecular weight is 253 g/mol. The normalized spacial score (nSPS) is 11.6. The largest absolute Gasteiger partial charge is 0.488 e. The number of hydrogen-bond acceptors (Lipinski definition) is 4. The molecule has 0 saturated heterocycles. The van der Waals surface area contributed by atoms with Crippen LogP contribution in [0.3, 0.4) is 0 Å². The van der Waals surface area contributed by atoms with Crippen LogP contribution in [-0.2, 0) is 4.74 Å². The first-order valence-electron chi connectivity index (χ1n) is 5.21. The van der Waals surface area contributed by atoms with Crippen molar-refractivity contribution in [3.63, 3.8) is 0 Å². The quantitative estimate of drug-likeness (QED) is 0.782. The second-order valence-corrected chi connectivity index (χ2v) is 3.44. The Morgan fingerprint density at radius 1 is 1.56 bits per heavy atom. The van der Waals surface area contributed by atoms with Gasteiger partial charge in [0.05, 0.1) is 18.2 Å². The number of rotatable bonds is 6. The Bertz CT molecular complexity index is 470. The highest BCUT2D eigenvalue weighted by atomic mass is 19.1. The van der Waals surface area contributed by atoms with Crippen LogP contribution < -0.4 is 4.74 Å². The van der Waals surface area contributed by atoms with Gasteiger partial charge in [0.15, 0.2) is 11.6 Å². The van der Waals surface area contributed by atoms with Crippen molar-refractivity contribution in [2.75, 3.05) is 13.2 Å². The molecule has 6 heteroatoms. The zero-order valence-corrected chi connectivity index (χ0v) is 9.72. The number of aromatic carboxylic acids is 1. The van der Waals surface area contributed by atoms with E-state index in [0.29, 0.717) is 0 Å². The topological polar surface area (TPSA) is 79.5 Å². The van der Waals surface area contributed by atoms with E-state index in [1.165, 1.54) is 12.1 Å². The van der Waals surface area contributed by atoms with Crippen molar-refractivity contribution < 1.29 is 23.8 Å². The Kier molecular flexibility index (Phi) is 5.08. The SMILES string of the molecule is CC(C#N)OCCOc1ccc(C(=O)O)cc1F. The maximum atomic E-state index is 13.4. The minimum Gasteiger partial charge on any atom is -0.488 e. The van der Waals surface area contributed by atoms with Crippen LogP contribution in [0.5, 0.6) is 5.75 Å². The van der Waals surface area contributed by atoms with Gasteiger partial charge in [0, 0.05) is 0 Å². The number of carboxylic acids is 1. The molecule has 1 N–H and O–H groups in total.